The smallest absolute Gasteiger partial charge is 0.372 e. The molecule has 0 aliphatic carbocycles. The van der Waals surface area contributed by atoms with Gasteiger partial charge in [0.25, 0.3) is 0 Å². The fourth-order valence-electron chi connectivity index (χ4n) is 4.15. The van der Waals surface area contributed by atoms with Crippen LogP contribution in [0, 0.1) is 0 Å². The van der Waals surface area contributed by atoms with E-state index in [1.165, 1.54) is 0 Å². The molecule has 1 rings (SSSR count). The standard InChI is InChI=1S/C34H63NO17/c36-32(34(38)39)1-2-33(37)52-30-28-50-26-24-48-22-20-46-18-16-44-14-12-42-10-8-40-7-9-41-11-13-43-15-17-45-19-21-47-23-25-49-27-29-51-31-3-5-35-6-4-31/h31,35H,1-30H2,(H,38,39). The molecule has 1 fully saturated rings. The molecule has 0 amide bonds. The topological polar surface area (TPSA) is 203 Å². The number of piperidine rings is 1. The Balaban J connectivity index is 1.62. The first-order chi connectivity index (χ1) is 25.6. The van der Waals surface area contributed by atoms with E-state index < -0.39 is 17.7 Å². The molecule has 0 unspecified atom stereocenters. The van der Waals surface area contributed by atoms with Crippen LogP contribution in [0.25, 0.3) is 0 Å². The molecule has 306 valence electrons. The first-order valence-corrected chi connectivity index (χ1v) is 18.2. The van der Waals surface area contributed by atoms with Crippen molar-refractivity contribution in [2.45, 2.75) is 31.8 Å². The zero-order valence-corrected chi connectivity index (χ0v) is 30.8. The van der Waals surface area contributed by atoms with Gasteiger partial charge < -0.3 is 72.0 Å². The minimum absolute atomic E-state index is 0.0129. The van der Waals surface area contributed by atoms with Gasteiger partial charge >= 0.3 is 11.9 Å². The van der Waals surface area contributed by atoms with Gasteiger partial charge in [-0.25, -0.2) is 4.79 Å². The molecule has 0 saturated carbocycles. The summed E-state index contributed by atoms with van der Waals surface area (Å²) < 4.78 is 70.5. The number of carbonyl (C=O) groups excluding carboxylic acids is 2. The van der Waals surface area contributed by atoms with E-state index in [2.05, 4.69) is 5.32 Å². The van der Waals surface area contributed by atoms with Crippen LogP contribution in [0.5, 0.6) is 0 Å². The molecule has 0 atom stereocenters. The van der Waals surface area contributed by atoms with Gasteiger partial charge in [-0.2, -0.15) is 0 Å². The zero-order valence-electron chi connectivity index (χ0n) is 30.8. The third-order valence-electron chi connectivity index (χ3n) is 6.87. The Hall–Kier alpha value is -1.91. The van der Waals surface area contributed by atoms with Gasteiger partial charge in [-0.1, -0.05) is 0 Å². The molecule has 2 N–H and O–H groups in total. The van der Waals surface area contributed by atoms with Crippen LogP contribution in [0.4, 0.5) is 0 Å². The molecule has 0 radical (unpaired) electrons. The molecule has 0 bridgehead atoms. The number of hydrogen-bond donors (Lipinski definition) is 2. The second-order valence-electron chi connectivity index (χ2n) is 11.0. The summed E-state index contributed by atoms with van der Waals surface area (Å²) in [4.78, 5) is 32.7. The molecule has 1 heterocycles. The maximum atomic E-state index is 11.4. The van der Waals surface area contributed by atoms with Crippen LogP contribution >= 0.6 is 0 Å². The lowest BCUT2D eigenvalue weighted by atomic mass is 10.1. The highest BCUT2D eigenvalue weighted by atomic mass is 16.6. The lowest BCUT2D eigenvalue weighted by molar-refractivity contribution is -0.151. The summed E-state index contributed by atoms with van der Waals surface area (Å²) in [6, 6.07) is 0. The number of aliphatic carboxylic acids is 1. The quantitative estimate of drug-likeness (QED) is 0.0476. The Kier molecular flexibility index (Phi) is 35.9. The minimum atomic E-state index is -1.56. The largest absolute Gasteiger partial charge is 0.476 e. The number of carbonyl (C=O) groups is 3. The zero-order chi connectivity index (χ0) is 37.4. The van der Waals surface area contributed by atoms with E-state index in [-0.39, 0.29) is 26.1 Å². The van der Waals surface area contributed by atoms with E-state index in [1.54, 1.807) is 0 Å². The molecule has 1 saturated heterocycles. The van der Waals surface area contributed by atoms with Crippen molar-refractivity contribution in [3.63, 3.8) is 0 Å². The van der Waals surface area contributed by atoms with Gasteiger partial charge in [-0.05, 0) is 25.9 Å². The molecular formula is C34H63NO17. The number of rotatable bonds is 41. The Morgan fingerprint density at radius 1 is 0.423 bits per heavy atom. The number of ketones is 1. The second-order valence-corrected chi connectivity index (χ2v) is 11.0. The molecule has 0 aromatic carbocycles. The first kappa shape index (κ1) is 48.1. The summed E-state index contributed by atoms with van der Waals surface area (Å²) in [5, 5.41) is 11.8. The van der Waals surface area contributed by atoms with Crippen LogP contribution in [-0.2, 0) is 76.0 Å². The highest BCUT2D eigenvalue weighted by Crippen LogP contribution is 2.06. The average Bonchev–Trinajstić information content (AvgIpc) is 3.15. The second kappa shape index (κ2) is 38.8. The maximum absolute atomic E-state index is 11.4. The van der Waals surface area contributed by atoms with E-state index in [0.717, 1.165) is 25.9 Å². The van der Waals surface area contributed by atoms with Gasteiger partial charge in [-0.15, -0.1) is 0 Å². The van der Waals surface area contributed by atoms with Gasteiger partial charge in [0.15, 0.2) is 0 Å². The SMILES string of the molecule is O=C(CCC(=O)C(=O)O)OCCOCCOCCOCCOCCOCCOCCOCCOCCOCCOCCOCCOC1CCNCC1. The van der Waals surface area contributed by atoms with Crippen molar-refractivity contribution in [3.05, 3.63) is 0 Å². The number of carboxylic acid groups (broad SMARTS) is 1. The number of nitrogens with one attached hydrogen (secondary N) is 1. The highest BCUT2D eigenvalue weighted by molar-refractivity contribution is 6.32. The van der Waals surface area contributed by atoms with Crippen molar-refractivity contribution >= 4 is 17.7 Å². The van der Waals surface area contributed by atoms with Crippen LogP contribution in [-0.4, -0.2) is 201 Å². The van der Waals surface area contributed by atoms with Crippen LogP contribution < -0.4 is 5.32 Å². The van der Waals surface area contributed by atoms with E-state index >= 15 is 0 Å². The van der Waals surface area contributed by atoms with Crippen molar-refractivity contribution in [2.75, 3.05) is 172 Å². The fourth-order valence-corrected chi connectivity index (χ4v) is 4.15. The Morgan fingerprint density at radius 2 is 0.712 bits per heavy atom. The van der Waals surface area contributed by atoms with Crippen LogP contribution in [0.15, 0.2) is 0 Å². The maximum Gasteiger partial charge on any atom is 0.372 e. The van der Waals surface area contributed by atoms with Gasteiger partial charge in [-0.3, -0.25) is 9.59 Å². The summed E-state index contributed by atoms with van der Waals surface area (Å²) in [6.07, 6.45) is 1.84. The molecular weight excluding hydrogens is 694 g/mol. The van der Waals surface area contributed by atoms with Crippen LogP contribution in [0.3, 0.4) is 0 Å². The van der Waals surface area contributed by atoms with Gasteiger partial charge in [0.05, 0.1) is 164 Å². The van der Waals surface area contributed by atoms with E-state index in [0.29, 0.717) is 151 Å². The summed E-state index contributed by atoms with van der Waals surface area (Å²) in [7, 11) is 0. The number of ether oxygens (including phenoxy) is 13. The Labute approximate surface area is 307 Å². The lowest BCUT2D eigenvalue weighted by Gasteiger charge is -2.22. The number of esters is 1. The van der Waals surface area contributed by atoms with E-state index in [4.69, 9.17) is 66.7 Å². The molecule has 52 heavy (non-hydrogen) atoms. The number of Topliss-reactive ketones (excluding diaryl/α,β-unsaturated/α-hetero) is 1. The van der Waals surface area contributed by atoms with Crippen molar-refractivity contribution in [2.24, 2.45) is 0 Å². The molecule has 0 spiro atoms. The molecule has 1 aliphatic heterocycles. The van der Waals surface area contributed by atoms with Crippen LogP contribution in [0.2, 0.25) is 0 Å². The molecule has 18 nitrogen and oxygen atoms in total. The molecule has 1 aliphatic rings. The van der Waals surface area contributed by atoms with E-state index in [1.807, 2.05) is 0 Å². The molecule has 0 aromatic rings. The summed E-state index contributed by atoms with van der Waals surface area (Å²) in [5.41, 5.74) is 0. The van der Waals surface area contributed by atoms with Gasteiger partial charge in [0, 0.05) is 6.42 Å². The molecule has 18 heteroatoms. The first-order valence-electron chi connectivity index (χ1n) is 18.2. The highest BCUT2D eigenvalue weighted by Gasteiger charge is 2.14. The third kappa shape index (κ3) is 35.1. The fraction of sp³-hybridized carbons (Fsp3) is 0.912. The predicted molar refractivity (Wildman–Crippen MR) is 184 cm³/mol. The van der Waals surface area contributed by atoms with E-state index in [9.17, 15) is 14.4 Å². The number of hydrogen-bond acceptors (Lipinski definition) is 17. The monoisotopic (exact) mass is 757 g/mol. The van der Waals surface area contributed by atoms with Crippen molar-refractivity contribution in [1.82, 2.24) is 5.32 Å². The Bertz CT molecular complexity index is 819. The van der Waals surface area contributed by atoms with Crippen molar-refractivity contribution < 1.29 is 81.1 Å². The molecule has 0 aromatic heterocycles. The van der Waals surface area contributed by atoms with Crippen molar-refractivity contribution in [3.8, 4) is 0 Å². The summed E-state index contributed by atoms with van der Waals surface area (Å²) >= 11 is 0. The number of carboxylic acids is 1. The summed E-state index contributed by atoms with van der Waals surface area (Å²) in [5.74, 6) is -3.24. The Morgan fingerprint density at radius 3 is 1.02 bits per heavy atom. The van der Waals surface area contributed by atoms with Gasteiger partial charge in [0.2, 0.25) is 5.78 Å². The van der Waals surface area contributed by atoms with Gasteiger partial charge in [0.1, 0.15) is 6.61 Å². The van der Waals surface area contributed by atoms with Crippen molar-refractivity contribution in [1.29, 1.82) is 0 Å². The minimum Gasteiger partial charge on any atom is -0.476 e. The average molecular weight is 758 g/mol. The summed E-state index contributed by atoms with van der Waals surface area (Å²) in [6.45, 7) is 12.8. The van der Waals surface area contributed by atoms with Crippen LogP contribution in [0.1, 0.15) is 25.7 Å². The predicted octanol–water partition coefficient (Wildman–Crippen LogP) is -0.0853. The normalized spacial score (nSPS) is 13.5. The lowest BCUT2D eigenvalue weighted by Crippen LogP contribution is -2.33. The third-order valence-corrected chi connectivity index (χ3v) is 6.87.